The highest BCUT2D eigenvalue weighted by Crippen LogP contribution is 2.26. The van der Waals surface area contributed by atoms with Crippen molar-refractivity contribution in [1.29, 1.82) is 0 Å². The van der Waals surface area contributed by atoms with Gasteiger partial charge < -0.3 is 10.5 Å². The fourth-order valence-electron chi connectivity index (χ4n) is 2.47. The van der Waals surface area contributed by atoms with E-state index in [2.05, 4.69) is 4.98 Å². The normalized spacial score (nSPS) is 10.0. The van der Waals surface area contributed by atoms with Gasteiger partial charge in [-0.3, -0.25) is 4.79 Å². The molecule has 134 valence electrons. The van der Waals surface area contributed by atoms with E-state index in [0.717, 1.165) is 22.6 Å². The van der Waals surface area contributed by atoms with Crippen molar-refractivity contribution in [1.82, 2.24) is 4.98 Å². The Labute approximate surface area is 163 Å². The monoisotopic (exact) mass is 388 g/mol. The molecular formula is C20H18Cl2N2O2. The van der Waals surface area contributed by atoms with E-state index in [9.17, 15) is 4.79 Å². The third-order valence-electron chi connectivity index (χ3n) is 3.69. The smallest absolute Gasteiger partial charge is 0.267 e. The van der Waals surface area contributed by atoms with E-state index in [4.69, 9.17) is 22.1 Å². The summed E-state index contributed by atoms with van der Waals surface area (Å²) < 4.78 is 5.95. The number of aromatic nitrogens is 1. The fourth-order valence-corrected chi connectivity index (χ4v) is 2.67. The van der Waals surface area contributed by atoms with Crippen molar-refractivity contribution in [3.63, 3.8) is 0 Å². The number of pyridine rings is 1. The number of carbonyl (C=O) groups is 1. The lowest BCUT2D eigenvalue weighted by Crippen LogP contribution is -2.13. The van der Waals surface area contributed by atoms with Crippen molar-refractivity contribution in [2.75, 3.05) is 0 Å². The molecule has 0 fully saturated rings. The maximum Gasteiger partial charge on any atom is 0.267 e. The molecule has 26 heavy (non-hydrogen) atoms. The van der Waals surface area contributed by atoms with Crippen LogP contribution in [0.25, 0.3) is 0 Å². The van der Waals surface area contributed by atoms with Crippen molar-refractivity contribution in [3.8, 4) is 5.75 Å². The maximum absolute atomic E-state index is 11.3. The van der Waals surface area contributed by atoms with E-state index in [1.807, 2.05) is 48.5 Å². The third-order valence-corrected chi connectivity index (χ3v) is 3.93. The zero-order chi connectivity index (χ0) is 17.6. The molecule has 2 aromatic carbocycles. The average molecular weight is 389 g/mol. The van der Waals surface area contributed by atoms with Crippen LogP contribution in [0.1, 0.15) is 27.3 Å². The fraction of sp³-hybridized carbons (Fsp3) is 0.100. The standard InChI is InChI=1S/C20H17ClN2O2.ClH/c21-16-9-10-19(25-13-14-5-2-1-3-6-14)15(11-16)12-17-7-4-8-18(23-17)20(22)24;/h1-11H,12-13H2,(H2,22,24);1H. The van der Waals surface area contributed by atoms with E-state index in [0.29, 0.717) is 18.1 Å². The van der Waals surface area contributed by atoms with Crippen LogP contribution in [0.5, 0.6) is 5.75 Å². The van der Waals surface area contributed by atoms with Crippen molar-refractivity contribution in [3.05, 3.63) is 94.3 Å². The van der Waals surface area contributed by atoms with Gasteiger partial charge in [0.25, 0.3) is 5.91 Å². The largest absolute Gasteiger partial charge is 0.489 e. The number of amides is 1. The van der Waals surface area contributed by atoms with Crippen molar-refractivity contribution in [2.45, 2.75) is 13.0 Å². The first kappa shape index (κ1) is 19.8. The molecule has 0 bridgehead atoms. The number of carbonyl (C=O) groups excluding carboxylic acids is 1. The lowest BCUT2D eigenvalue weighted by Gasteiger charge is -2.12. The lowest BCUT2D eigenvalue weighted by atomic mass is 10.1. The minimum atomic E-state index is -0.548. The van der Waals surface area contributed by atoms with Gasteiger partial charge in [0.2, 0.25) is 0 Å². The van der Waals surface area contributed by atoms with Crippen LogP contribution in [-0.2, 0) is 13.0 Å². The highest BCUT2D eigenvalue weighted by Gasteiger charge is 2.09. The quantitative estimate of drug-likeness (QED) is 0.679. The summed E-state index contributed by atoms with van der Waals surface area (Å²) >= 11 is 6.13. The van der Waals surface area contributed by atoms with Gasteiger partial charge in [0.05, 0.1) is 0 Å². The third kappa shape index (κ3) is 5.22. The Morgan fingerprint density at radius 2 is 1.81 bits per heavy atom. The van der Waals surface area contributed by atoms with Gasteiger partial charge in [0.1, 0.15) is 18.1 Å². The summed E-state index contributed by atoms with van der Waals surface area (Å²) in [4.78, 5) is 15.6. The van der Waals surface area contributed by atoms with Crippen LogP contribution >= 0.6 is 24.0 Å². The summed E-state index contributed by atoms with van der Waals surface area (Å²) in [6, 6.07) is 20.6. The Kier molecular flexibility index (Phi) is 7.01. The number of nitrogens with zero attached hydrogens (tertiary/aromatic N) is 1. The van der Waals surface area contributed by atoms with Gasteiger partial charge in [-0.2, -0.15) is 0 Å². The van der Waals surface area contributed by atoms with Gasteiger partial charge in [-0.15, -0.1) is 12.4 Å². The van der Waals surface area contributed by atoms with Crippen LogP contribution in [-0.4, -0.2) is 10.9 Å². The Morgan fingerprint density at radius 3 is 2.54 bits per heavy atom. The topological polar surface area (TPSA) is 65.2 Å². The molecule has 0 aliphatic heterocycles. The molecule has 2 N–H and O–H groups in total. The molecule has 4 nitrogen and oxygen atoms in total. The van der Waals surface area contributed by atoms with Crippen LogP contribution in [0.3, 0.4) is 0 Å². The molecule has 6 heteroatoms. The summed E-state index contributed by atoms with van der Waals surface area (Å²) in [5.74, 6) is 0.188. The first-order chi connectivity index (χ1) is 12.1. The molecule has 3 rings (SSSR count). The molecule has 3 aromatic rings. The van der Waals surface area contributed by atoms with Gasteiger partial charge in [-0.25, -0.2) is 4.98 Å². The molecule has 0 atom stereocenters. The minimum absolute atomic E-state index is 0. The van der Waals surface area contributed by atoms with E-state index in [1.165, 1.54) is 0 Å². The SMILES string of the molecule is Cl.NC(=O)c1cccc(Cc2cc(Cl)ccc2OCc2ccccc2)n1. The van der Waals surface area contributed by atoms with Crippen molar-refractivity contribution in [2.24, 2.45) is 5.73 Å². The molecule has 0 saturated heterocycles. The molecule has 0 aliphatic rings. The first-order valence-electron chi connectivity index (χ1n) is 7.83. The zero-order valence-electron chi connectivity index (χ0n) is 13.9. The highest BCUT2D eigenvalue weighted by atomic mass is 35.5. The Balaban J connectivity index is 0.00000243. The molecule has 0 spiro atoms. The number of hydrogen-bond acceptors (Lipinski definition) is 3. The second kappa shape index (κ2) is 9.22. The van der Waals surface area contributed by atoms with Crippen LogP contribution < -0.4 is 10.5 Å². The molecule has 0 radical (unpaired) electrons. The number of benzene rings is 2. The summed E-state index contributed by atoms with van der Waals surface area (Å²) in [6.45, 7) is 0.463. The number of ether oxygens (including phenoxy) is 1. The second-order valence-corrected chi connectivity index (χ2v) is 6.02. The van der Waals surface area contributed by atoms with Gasteiger partial charge in [0.15, 0.2) is 0 Å². The molecular weight excluding hydrogens is 371 g/mol. The van der Waals surface area contributed by atoms with Crippen molar-refractivity contribution < 1.29 is 9.53 Å². The van der Waals surface area contributed by atoms with E-state index < -0.39 is 5.91 Å². The Morgan fingerprint density at radius 1 is 1.04 bits per heavy atom. The van der Waals surface area contributed by atoms with E-state index in [-0.39, 0.29) is 18.1 Å². The molecule has 1 aromatic heterocycles. The first-order valence-corrected chi connectivity index (χ1v) is 8.20. The lowest BCUT2D eigenvalue weighted by molar-refractivity contribution is 0.0995. The summed E-state index contributed by atoms with van der Waals surface area (Å²) in [6.07, 6.45) is 0.492. The number of halogens is 2. The van der Waals surface area contributed by atoms with Gasteiger partial charge in [0, 0.05) is 22.7 Å². The zero-order valence-corrected chi connectivity index (χ0v) is 15.5. The molecule has 0 saturated carbocycles. The van der Waals surface area contributed by atoms with Crippen molar-refractivity contribution >= 4 is 29.9 Å². The van der Waals surface area contributed by atoms with E-state index in [1.54, 1.807) is 18.2 Å². The highest BCUT2D eigenvalue weighted by molar-refractivity contribution is 6.30. The maximum atomic E-state index is 11.3. The summed E-state index contributed by atoms with van der Waals surface area (Å²) in [7, 11) is 0. The van der Waals surface area contributed by atoms with Crippen LogP contribution in [0, 0.1) is 0 Å². The number of rotatable bonds is 6. The van der Waals surface area contributed by atoms with E-state index >= 15 is 0 Å². The van der Waals surface area contributed by atoms with Crippen LogP contribution in [0.4, 0.5) is 0 Å². The summed E-state index contributed by atoms with van der Waals surface area (Å²) in [5, 5.41) is 0.619. The number of hydrogen-bond donors (Lipinski definition) is 1. The van der Waals surface area contributed by atoms with Gasteiger partial charge >= 0.3 is 0 Å². The van der Waals surface area contributed by atoms with Crippen LogP contribution in [0.2, 0.25) is 5.02 Å². The predicted molar refractivity (Wildman–Crippen MR) is 105 cm³/mol. The molecule has 0 aliphatic carbocycles. The number of primary amides is 1. The van der Waals surface area contributed by atoms with Gasteiger partial charge in [-0.1, -0.05) is 48.0 Å². The number of nitrogens with two attached hydrogens (primary N) is 1. The van der Waals surface area contributed by atoms with Crippen LogP contribution in [0.15, 0.2) is 66.7 Å². The second-order valence-electron chi connectivity index (χ2n) is 5.58. The molecule has 1 heterocycles. The predicted octanol–water partition coefficient (Wildman–Crippen LogP) is 4.43. The Bertz CT molecular complexity index is 886. The average Bonchev–Trinajstić information content (AvgIpc) is 2.62. The molecule has 1 amide bonds. The minimum Gasteiger partial charge on any atom is -0.489 e. The summed E-state index contributed by atoms with van der Waals surface area (Å²) in [5.41, 5.74) is 8.24. The Hall–Kier alpha value is -2.56. The van der Waals surface area contributed by atoms with Gasteiger partial charge in [-0.05, 0) is 35.9 Å². The molecule has 0 unspecified atom stereocenters.